The third-order valence-corrected chi connectivity index (χ3v) is 8.90. The number of nitrogens with one attached hydrogen (secondary N) is 1. The maximum atomic E-state index is 13.8. The number of anilines is 1. The second kappa shape index (κ2) is 9.80. The normalized spacial score (nSPS) is 24.6. The lowest BCUT2D eigenvalue weighted by atomic mass is 9.64. The SMILES string of the molecule is CC12CCC(C(=O)Nc3ccc(N=Nc4ccccc4)cc3)(C/C1=N\OC(=O)c1ccc(Cl)cc1)C2(C)C. The molecule has 5 rings (SSSR count). The Kier molecular flexibility index (Phi) is 6.65. The fourth-order valence-electron chi connectivity index (χ4n) is 5.73. The van der Waals surface area contributed by atoms with Crippen molar-refractivity contribution in [3.05, 3.63) is 89.4 Å². The van der Waals surface area contributed by atoms with Gasteiger partial charge in [0.15, 0.2) is 0 Å². The van der Waals surface area contributed by atoms with Crippen LogP contribution in [0.25, 0.3) is 0 Å². The van der Waals surface area contributed by atoms with E-state index in [4.69, 9.17) is 16.4 Å². The standard InChI is InChI=1S/C30H29ClN4O3/c1-28(2)29(3)17-18-30(28,19-25(29)35-38-26(36)20-9-11-21(31)12-10-20)27(37)32-22-13-15-24(16-14-22)34-33-23-7-5-4-6-8-23/h4-16H,17-19H2,1-3H3,(H,32,37)/b34-33?,35-25+. The third kappa shape index (κ3) is 4.41. The topological polar surface area (TPSA) is 92.5 Å². The number of hydrogen-bond acceptors (Lipinski definition) is 6. The average Bonchev–Trinajstić information content (AvgIpc) is 3.23. The summed E-state index contributed by atoms with van der Waals surface area (Å²) in [6.07, 6.45) is 1.94. The molecule has 2 atom stereocenters. The van der Waals surface area contributed by atoms with Crippen molar-refractivity contribution in [1.29, 1.82) is 0 Å². The number of benzene rings is 3. The van der Waals surface area contributed by atoms with Crippen molar-refractivity contribution < 1.29 is 14.4 Å². The molecule has 2 fully saturated rings. The summed E-state index contributed by atoms with van der Waals surface area (Å²) >= 11 is 5.91. The first-order chi connectivity index (χ1) is 18.1. The molecule has 2 unspecified atom stereocenters. The number of fused-ring (bicyclic) bond motifs is 2. The number of azo groups is 1. The first-order valence-electron chi connectivity index (χ1n) is 12.6. The highest BCUT2D eigenvalue weighted by atomic mass is 35.5. The molecule has 0 heterocycles. The third-order valence-electron chi connectivity index (χ3n) is 8.65. The molecule has 2 bridgehead atoms. The van der Waals surface area contributed by atoms with Crippen molar-refractivity contribution in [3.8, 4) is 0 Å². The summed E-state index contributed by atoms with van der Waals surface area (Å²) < 4.78 is 0. The lowest BCUT2D eigenvalue weighted by Crippen LogP contribution is -2.43. The van der Waals surface area contributed by atoms with E-state index in [2.05, 4.69) is 41.5 Å². The molecular formula is C30H29ClN4O3. The highest BCUT2D eigenvalue weighted by molar-refractivity contribution is 6.30. The molecule has 0 radical (unpaired) electrons. The van der Waals surface area contributed by atoms with Crippen LogP contribution in [0.2, 0.25) is 5.02 Å². The molecule has 8 heteroatoms. The quantitative estimate of drug-likeness (QED) is 0.199. The maximum absolute atomic E-state index is 13.8. The first kappa shape index (κ1) is 25.8. The molecular weight excluding hydrogens is 500 g/mol. The molecule has 1 N–H and O–H groups in total. The van der Waals surface area contributed by atoms with Crippen molar-refractivity contribution >= 4 is 46.3 Å². The number of amides is 1. The van der Waals surface area contributed by atoms with Crippen LogP contribution in [-0.4, -0.2) is 17.6 Å². The van der Waals surface area contributed by atoms with Gasteiger partial charge in [-0.2, -0.15) is 10.2 Å². The minimum Gasteiger partial charge on any atom is -0.326 e. The highest BCUT2D eigenvalue weighted by Crippen LogP contribution is 2.71. The molecule has 0 saturated heterocycles. The molecule has 7 nitrogen and oxygen atoms in total. The molecule has 1 amide bonds. The van der Waals surface area contributed by atoms with Gasteiger partial charge >= 0.3 is 5.97 Å². The van der Waals surface area contributed by atoms with E-state index in [0.717, 1.165) is 24.2 Å². The summed E-state index contributed by atoms with van der Waals surface area (Å²) in [4.78, 5) is 31.6. The molecule has 2 saturated carbocycles. The predicted octanol–water partition coefficient (Wildman–Crippen LogP) is 8.12. The van der Waals surface area contributed by atoms with Crippen LogP contribution in [-0.2, 0) is 9.63 Å². The summed E-state index contributed by atoms with van der Waals surface area (Å²) in [6.45, 7) is 6.32. The number of carbonyl (C=O) groups is 2. The molecule has 194 valence electrons. The van der Waals surface area contributed by atoms with Crippen molar-refractivity contribution in [2.24, 2.45) is 31.6 Å². The largest absolute Gasteiger partial charge is 0.365 e. The molecule has 3 aromatic rings. The van der Waals surface area contributed by atoms with Gasteiger partial charge < -0.3 is 10.2 Å². The van der Waals surface area contributed by atoms with Gasteiger partial charge in [-0.05, 0) is 78.9 Å². The monoisotopic (exact) mass is 528 g/mol. The summed E-state index contributed by atoms with van der Waals surface area (Å²) in [5.74, 6) is -0.611. The maximum Gasteiger partial charge on any atom is 0.365 e. The molecule has 2 aliphatic rings. The van der Waals surface area contributed by atoms with Gasteiger partial charge in [-0.25, -0.2) is 4.79 Å². The fourth-order valence-corrected chi connectivity index (χ4v) is 5.86. The zero-order valence-electron chi connectivity index (χ0n) is 21.6. The lowest BCUT2D eigenvalue weighted by Gasteiger charge is -2.39. The van der Waals surface area contributed by atoms with E-state index in [1.54, 1.807) is 24.3 Å². The van der Waals surface area contributed by atoms with Gasteiger partial charge in [0.2, 0.25) is 5.91 Å². The van der Waals surface area contributed by atoms with Crippen LogP contribution in [0.3, 0.4) is 0 Å². The number of halogens is 1. The van der Waals surface area contributed by atoms with E-state index in [-0.39, 0.29) is 16.7 Å². The Morgan fingerprint density at radius 3 is 2.13 bits per heavy atom. The number of carbonyl (C=O) groups excluding carboxylic acids is 2. The highest BCUT2D eigenvalue weighted by Gasteiger charge is 2.71. The van der Waals surface area contributed by atoms with Crippen LogP contribution in [0.5, 0.6) is 0 Å². The number of oxime groups is 1. The van der Waals surface area contributed by atoms with E-state index < -0.39 is 11.4 Å². The number of rotatable bonds is 6. The number of hydrogen-bond donors (Lipinski definition) is 1. The number of nitrogens with zero attached hydrogens (tertiary/aromatic N) is 3. The minimum atomic E-state index is -0.668. The van der Waals surface area contributed by atoms with Gasteiger partial charge in [-0.1, -0.05) is 55.7 Å². The van der Waals surface area contributed by atoms with E-state index >= 15 is 0 Å². The van der Waals surface area contributed by atoms with Crippen LogP contribution in [0.1, 0.15) is 50.4 Å². The lowest BCUT2D eigenvalue weighted by molar-refractivity contribution is -0.130. The van der Waals surface area contributed by atoms with Crippen LogP contribution < -0.4 is 5.32 Å². The smallest absolute Gasteiger partial charge is 0.326 e. The van der Waals surface area contributed by atoms with Gasteiger partial charge in [0, 0.05) is 22.5 Å². The Morgan fingerprint density at radius 1 is 0.842 bits per heavy atom. The van der Waals surface area contributed by atoms with Gasteiger partial charge in [0.1, 0.15) is 0 Å². The Bertz CT molecular complexity index is 1420. The predicted molar refractivity (Wildman–Crippen MR) is 148 cm³/mol. The van der Waals surface area contributed by atoms with Gasteiger partial charge in [0.25, 0.3) is 0 Å². The zero-order valence-corrected chi connectivity index (χ0v) is 22.3. The summed E-state index contributed by atoms with van der Waals surface area (Å²) in [6, 6.07) is 23.3. The van der Waals surface area contributed by atoms with E-state index in [1.807, 2.05) is 54.6 Å². The van der Waals surface area contributed by atoms with E-state index in [0.29, 0.717) is 28.4 Å². The van der Waals surface area contributed by atoms with Crippen LogP contribution >= 0.6 is 11.6 Å². The van der Waals surface area contributed by atoms with Crippen molar-refractivity contribution in [1.82, 2.24) is 0 Å². The Balaban J connectivity index is 1.30. The van der Waals surface area contributed by atoms with Crippen molar-refractivity contribution in [3.63, 3.8) is 0 Å². The fraction of sp³-hybridized carbons (Fsp3) is 0.300. The summed E-state index contributed by atoms with van der Waals surface area (Å²) in [7, 11) is 0. The molecule has 0 aliphatic heterocycles. The Hall–Kier alpha value is -3.84. The van der Waals surface area contributed by atoms with Crippen LogP contribution in [0.15, 0.2) is 94.2 Å². The Labute approximate surface area is 226 Å². The summed E-state index contributed by atoms with van der Waals surface area (Å²) in [5.41, 5.74) is 1.83. The minimum absolute atomic E-state index is 0.0564. The molecule has 2 aliphatic carbocycles. The van der Waals surface area contributed by atoms with Gasteiger partial charge in [-0.15, -0.1) is 0 Å². The first-order valence-corrected chi connectivity index (χ1v) is 13.0. The van der Waals surface area contributed by atoms with Crippen molar-refractivity contribution in [2.75, 3.05) is 5.32 Å². The van der Waals surface area contributed by atoms with Crippen LogP contribution in [0.4, 0.5) is 17.1 Å². The van der Waals surface area contributed by atoms with E-state index in [1.165, 1.54) is 0 Å². The van der Waals surface area contributed by atoms with Gasteiger partial charge in [0.05, 0.1) is 28.1 Å². The second-order valence-electron chi connectivity index (χ2n) is 10.7. The molecule has 38 heavy (non-hydrogen) atoms. The molecule has 0 spiro atoms. The summed E-state index contributed by atoms with van der Waals surface area (Å²) in [5, 5.41) is 16.4. The second-order valence-corrected chi connectivity index (χ2v) is 11.1. The Morgan fingerprint density at radius 2 is 1.47 bits per heavy atom. The average molecular weight is 529 g/mol. The van der Waals surface area contributed by atoms with Gasteiger partial charge in [-0.3, -0.25) is 4.79 Å². The van der Waals surface area contributed by atoms with Crippen molar-refractivity contribution in [2.45, 2.75) is 40.0 Å². The van der Waals surface area contributed by atoms with Crippen LogP contribution in [0, 0.1) is 16.2 Å². The molecule has 0 aromatic heterocycles. The molecule has 3 aromatic carbocycles. The zero-order chi connectivity index (χ0) is 27.0. The van der Waals surface area contributed by atoms with E-state index in [9.17, 15) is 9.59 Å².